The molecule has 1 aromatic carbocycles. The molecule has 6 heteroatoms. The molecular formula is C21H31N3O3. The Labute approximate surface area is 161 Å². The van der Waals surface area contributed by atoms with Gasteiger partial charge < -0.3 is 19.9 Å². The van der Waals surface area contributed by atoms with Crippen LogP contribution in [0.2, 0.25) is 0 Å². The lowest BCUT2D eigenvalue weighted by atomic mass is 9.95. The van der Waals surface area contributed by atoms with E-state index in [1.807, 2.05) is 37.2 Å². The second kappa shape index (κ2) is 8.74. The normalized spacial score (nSPS) is 19.0. The fourth-order valence-electron chi connectivity index (χ4n) is 3.74. The minimum absolute atomic E-state index is 0.00127. The van der Waals surface area contributed by atoms with Gasteiger partial charge in [-0.05, 0) is 57.5 Å². The largest absolute Gasteiger partial charge is 0.497 e. The Hall–Kier alpha value is -2.08. The number of likely N-dealkylation sites (N-methyl/N-ethyl adjacent to an activating group) is 1. The topological polar surface area (TPSA) is 61.9 Å². The van der Waals surface area contributed by atoms with Gasteiger partial charge in [-0.1, -0.05) is 12.1 Å². The van der Waals surface area contributed by atoms with Crippen molar-refractivity contribution in [3.63, 3.8) is 0 Å². The summed E-state index contributed by atoms with van der Waals surface area (Å²) in [5, 5.41) is 3.12. The van der Waals surface area contributed by atoms with E-state index in [0.29, 0.717) is 25.5 Å². The van der Waals surface area contributed by atoms with Crippen LogP contribution >= 0.6 is 0 Å². The zero-order chi connectivity index (χ0) is 19.4. The molecule has 1 saturated carbocycles. The molecule has 1 saturated heterocycles. The lowest BCUT2D eigenvalue weighted by Gasteiger charge is -2.32. The van der Waals surface area contributed by atoms with Crippen molar-refractivity contribution in [2.75, 3.05) is 40.8 Å². The van der Waals surface area contributed by atoms with E-state index < -0.39 is 0 Å². The Kier molecular flexibility index (Phi) is 6.37. The molecule has 1 aliphatic heterocycles. The average molecular weight is 373 g/mol. The van der Waals surface area contributed by atoms with Crippen molar-refractivity contribution in [1.82, 2.24) is 15.1 Å². The summed E-state index contributed by atoms with van der Waals surface area (Å²) in [6.45, 7) is 1.97. The van der Waals surface area contributed by atoms with Crippen LogP contribution in [0, 0.1) is 11.8 Å². The highest BCUT2D eigenvalue weighted by atomic mass is 16.5. The molecule has 0 bridgehead atoms. The van der Waals surface area contributed by atoms with Crippen LogP contribution in [-0.4, -0.2) is 62.5 Å². The van der Waals surface area contributed by atoms with Gasteiger partial charge in [-0.3, -0.25) is 9.59 Å². The monoisotopic (exact) mass is 373 g/mol. The Morgan fingerprint density at radius 2 is 1.89 bits per heavy atom. The molecule has 0 aromatic heterocycles. The highest BCUT2D eigenvalue weighted by Gasteiger charge is 2.36. The van der Waals surface area contributed by atoms with E-state index in [9.17, 15) is 9.59 Å². The van der Waals surface area contributed by atoms with Crippen molar-refractivity contribution in [2.45, 2.75) is 31.7 Å². The van der Waals surface area contributed by atoms with Crippen molar-refractivity contribution in [3.05, 3.63) is 29.8 Å². The number of nitrogens with one attached hydrogen (secondary N) is 1. The Balaban J connectivity index is 1.51. The van der Waals surface area contributed by atoms with Crippen LogP contribution in [0.15, 0.2) is 24.3 Å². The molecule has 0 spiro atoms. The van der Waals surface area contributed by atoms with Gasteiger partial charge >= 0.3 is 0 Å². The first-order chi connectivity index (χ1) is 13.0. The van der Waals surface area contributed by atoms with Crippen molar-refractivity contribution < 1.29 is 14.3 Å². The first-order valence-electron chi connectivity index (χ1n) is 9.86. The summed E-state index contributed by atoms with van der Waals surface area (Å²) in [5.41, 5.74) is 1.12. The number of benzene rings is 1. The number of carbonyl (C=O) groups excluding carboxylic acids is 2. The fraction of sp³-hybridized carbons (Fsp3) is 0.619. The number of hydrogen-bond donors (Lipinski definition) is 1. The molecule has 148 valence electrons. The number of piperidine rings is 1. The van der Waals surface area contributed by atoms with Gasteiger partial charge in [0.2, 0.25) is 11.8 Å². The second-order valence-electron chi connectivity index (χ2n) is 7.88. The minimum Gasteiger partial charge on any atom is -0.497 e. The maximum atomic E-state index is 12.6. The van der Waals surface area contributed by atoms with E-state index in [4.69, 9.17) is 4.74 Å². The Morgan fingerprint density at radius 1 is 1.19 bits per heavy atom. The van der Waals surface area contributed by atoms with Gasteiger partial charge in [0.05, 0.1) is 13.2 Å². The third kappa shape index (κ3) is 5.01. The van der Waals surface area contributed by atoms with Gasteiger partial charge in [-0.2, -0.15) is 0 Å². The number of ether oxygens (including phenoxy) is 1. The third-order valence-electron chi connectivity index (χ3n) is 5.68. The standard InChI is InChI=1S/C21H31N3O3/c1-23(2)19(17-5-4-6-18(13-17)27-3)14-22-20(25)15-9-11-24(12-10-15)21(26)16-7-8-16/h4-6,13,15-16,19H,7-12,14H2,1-3H3,(H,22,25). The quantitative estimate of drug-likeness (QED) is 0.795. The molecule has 2 amide bonds. The molecule has 2 fully saturated rings. The Morgan fingerprint density at radius 3 is 2.48 bits per heavy atom. The number of likely N-dealkylation sites (tertiary alicyclic amines) is 1. The lowest BCUT2D eigenvalue weighted by molar-refractivity contribution is -0.136. The number of methoxy groups -OCH3 is 1. The molecule has 1 heterocycles. The van der Waals surface area contributed by atoms with Gasteiger partial charge in [0.15, 0.2) is 0 Å². The second-order valence-corrected chi connectivity index (χ2v) is 7.88. The average Bonchev–Trinajstić information content (AvgIpc) is 3.53. The number of amides is 2. The first-order valence-corrected chi connectivity index (χ1v) is 9.86. The molecule has 1 atom stereocenters. The molecule has 1 N–H and O–H groups in total. The summed E-state index contributed by atoms with van der Waals surface area (Å²) in [7, 11) is 5.68. The Bertz CT molecular complexity index is 664. The van der Waals surface area contributed by atoms with Crippen LogP contribution < -0.4 is 10.1 Å². The zero-order valence-electron chi connectivity index (χ0n) is 16.6. The van der Waals surface area contributed by atoms with Gasteiger partial charge in [0, 0.05) is 31.5 Å². The maximum Gasteiger partial charge on any atom is 0.225 e. The van der Waals surface area contributed by atoms with Crippen LogP contribution in [0.3, 0.4) is 0 Å². The number of carbonyl (C=O) groups is 2. The van der Waals surface area contributed by atoms with Crippen molar-refractivity contribution in [1.29, 1.82) is 0 Å². The summed E-state index contributed by atoms with van der Waals surface area (Å²) in [6.07, 6.45) is 3.59. The van der Waals surface area contributed by atoms with Crippen LogP contribution in [-0.2, 0) is 9.59 Å². The molecule has 1 aliphatic carbocycles. The SMILES string of the molecule is COc1cccc(C(CNC(=O)C2CCN(C(=O)C3CC3)CC2)N(C)C)c1. The van der Waals surface area contributed by atoms with E-state index in [1.54, 1.807) is 7.11 Å². The number of hydrogen-bond acceptors (Lipinski definition) is 4. The molecule has 0 radical (unpaired) electrons. The first kappa shape index (κ1) is 19.7. The summed E-state index contributed by atoms with van der Waals surface area (Å²) in [4.78, 5) is 28.8. The van der Waals surface area contributed by atoms with Crippen molar-refractivity contribution in [3.8, 4) is 5.75 Å². The van der Waals surface area contributed by atoms with E-state index in [0.717, 1.165) is 37.0 Å². The highest BCUT2D eigenvalue weighted by molar-refractivity contribution is 5.82. The van der Waals surface area contributed by atoms with Gasteiger partial charge in [-0.15, -0.1) is 0 Å². The molecule has 27 heavy (non-hydrogen) atoms. The third-order valence-corrected chi connectivity index (χ3v) is 5.68. The van der Waals surface area contributed by atoms with Gasteiger partial charge in [0.1, 0.15) is 5.75 Å². The zero-order valence-corrected chi connectivity index (χ0v) is 16.6. The summed E-state index contributed by atoms with van der Waals surface area (Å²) < 4.78 is 5.32. The van der Waals surface area contributed by atoms with Gasteiger partial charge in [-0.25, -0.2) is 0 Å². The molecule has 1 unspecified atom stereocenters. The van der Waals surface area contributed by atoms with Crippen molar-refractivity contribution >= 4 is 11.8 Å². The minimum atomic E-state index is 0.00127. The van der Waals surface area contributed by atoms with E-state index in [1.165, 1.54) is 0 Å². The number of rotatable bonds is 7. The van der Waals surface area contributed by atoms with Crippen molar-refractivity contribution in [2.24, 2.45) is 11.8 Å². The van der Waals surface area contributed by atoms with Crippen LogP contribution in [0.5, 0.6) is 5.75 Å². The predicted molar refractivity (Wildman–Crippen MR) is 104 cm³/mol. The van der Waals surface area contributed by atoms with E-state index in [-0.39, 0.29) is 23.8 Å². The maximum absolute atomic E-state index is 12.6. The van der Waals surface area contributed by atoms with Crippen LogP contribution in [0.1, 0.15) is 37.3 Å². The van der Waals surface area contributed by atoms with Crippen LogP contribution in [0.25, 0.3) is 0 Å². The molecule has 1 aromatic rings. The smallest absolute Gasteiger partial charge is 0.225 e. The van der Waals surface area contributed by atoms with E-state index >= 15 is 0 Å². The fourth-order valence-corrected chi connectivity index (χ4v) is 3.74. The highest BCUT2D eigenvalue weighted by Crippen LogP contribution is 2.32. The molecule has 6 nitrogen and oxygen atoms in total. The van der Waals surface area contributed by atoms with Gasteiger partial charge in [0.25, 0.3) is 0 Å². The van der Waals surface area contributed by atoms with Crippen LogP contribution in [0.4, 0.5) is 0 Å². The summed E-state index contributed by atoms with van der Waals surface area (Å²) >= 11 is 0. The summed E-state index contributed by atoms with van der Waals surface area (Å²) in [6, 6.07) is 8.05. The number of nitrogens with zero attached hydrogens (tertiary/aromatic N) is 2. The van der Waals surface area contributed by atoms with E-state index in [2.05, 4.69) is 16.3 Å². The molecule has 2 aliphatic rings. The lowest BCUT2D eigenvalue weighted by Crippen LogP contribution is -2.44. The molecular weight excluding hydrogens is 342 g/mol. The predicted octanol–water partition coefficient (Wildman–Crippen LogP) is 2.06. The summed E-state index contributed by atoms with van der Waals surface area (Å²) in [5.74, 6) is 1.47. The molecule has 3 rings (SSSR count).